The van der Waals surface area contributed by atoms with Crippen molar-refractivity contribution < 1.29 is 4.79 Å². The molecule has 31 heavy (non-hydrogen) atoms. The molecule has 0 spiro atoms. The SMILES string of the molecule is CCC(Sc1nc2c(cc1C#N)CCCCCC2)C(=O)Nc1ccc2ccccc2c1. The number of nitriles is 1. The van der Waals surface area contributed by atoms with Gasteiger partial charge in [-0.05, 0) is 66.6 Å². The van der Waals surface area contributed by atoms with Crippen LogP contribution in [0.25, 0.3) is 10.8 Å². The number of hydrogen-bond donors (Lipinski definition) is 1. The molecule has 1 heterocycles. The van der Waals surface area contributed by atoms with Gasteiger partial charge in [-0.15, -0.1) is 0 Å². The van der Waals surface area contributed by atoms with E-state index in [0.29, 0.717) is 17.0 Å². The molecule has 1 N–H and O–H groups in total. The molecule has 0 radical (unpaired) electrons. The van der Waals surface area contributed by atoms with Gasteiger partial charge in [0.1, 0.15) is 11.1 Å². The Balaban J connectivity index is 1.54. The molecule has 0 aliphatic heterocycles. The summed E-state index contributed by atoms with van der Waals surface area (Å²) in [6.45, 7) is 2.00. The van der Waals surface area contributed by atoms with Gasteiger partial charge in [0.2, 0.25) is 5.91 Å². The fourth-order valence-electron chi connectivity index (χ4n) is 4.09. The van der Waals surface area contributed by atoms with Crippen LogP contribution in [-0.4, -0.2) is 16.1 Å². The van der Waals surface area contributed by atoms with Crippen LogP contribution in [0.1, 0.15) is 55.8 Å². The van der Waals surface area contributed by atoms with Crippen molar-refractivity contribution in [1.29, 1.82) is 5.26 Å². The molecular formula is C26H27N3OS. The van der Waals surface area contributed by atoms with Gasteiger partial charge < -0.3 is 5.32 Å². The Morgan fingerprint density at radius 3 is 2.65 bits per heavy atom. The second-order valence-corrected chi connectivity index (χ2v) is 9.23. The summed E-state index contributed by atoms with van der Waals surface area (Å²) in [5.74, 6) is -0.0554. The van der Waals surface area contributed by atoms with Crippen LogP contribution in [0.3, 0.4) is 0 Å². The lowest BCUT2D eigenvalue weighted by Crippen LogP contribution is -2.25. The number of aromatic nitrogens is 1. The predicted molar refractivity (Wildman–Crippen MR) is 127 cm³/mol. The smallest absolute Gasteiger partial charge is 0.237 e. The number of benzene rings is 2. The second kappa shape index (κ2) is 9.98. The van der Waals surface area contributed by atoms with E-state index in [0.717, 1.165) is 47.8 Å². The van der Waals surface area contributed by atoms with E-state index in [-0.39, 0.29) is 11.2 Å². The van der Waals surface area contributed by atoms with Crippen LogP contribution < -0.4 is 5.32 Å². The number of carbonyl (C=O) groups is 1. The van der Waals surface area contributed by atoms with Crippen LogP contribution in [0.4, 0.5) is 5.69 Å². The lowest BCUT2D eigenvalue weighted by molar-refractivity contribution is -0.115. The summed E-state index contributed by atoms with van der Waals surface area (Å²) in [6.07, 6.45) is 7.36. The molecule has 1 aromatic heterocycles. The zero-order valence-electron chi connectivity index (χ0n) is 17.9. The maximum absolute atomic E-state index is 13.0. The number of anilines is 1. The van der Waals surface area contributed by atoms with Gasteiger partial charge in [-0.25, -0.2) is 4.98 Å². The van der Waals surface area contributed by atoms with Crippen LogP contribution in [0, 0.1) is 11.3 Å². The molecule has 0 fully saturated rings. The molecule has 4 rings (SSSR count). The van der Waals surface area contributed by atoms with E-state index >= 15 is 0 Å². The van der Waals surface area contributed by atoms with Gasteiger partial charge >= 0.3 is 0 Å². The molecule has 3 aromatic rings. The molecule has 0 saturated heterocycles. The summed E-state index contributed by atoms with van der Waals surface area (Å²) in [5.41, 5.74) is 3.68. The largest absolute Gasteiger partial charge is 0.325 e. The minimum Gasteiger partial charge on any atom is -0.325 e. The fourth-order valence-corrected chi connectivity index (χ4v) is 5.08. The van der Waals surface area contributed by atoms with E-state index in [1.54, 1.807) is 0 Å². The highest BCUT2D eigenvalue weighted by atomic mass is 32.2. The summed E-state index contributed by atoms with van der Waals surface area (Å²) in [6, 6.07) is 18.4. The number of aryl methyl sites for hydroxylation is 2. The molecule has 0 saturated carbocycles. The van der Waals surface area contributed by atoms with Crippen molar-refractivity contribution >= 4 is 34.1 Å². The van der Waals surface area contributed by atoms with Crippen molar-refractivity contribution in [2.45, 2.75) is 62.1 Å². The summed E-state index contributed by atoms with van der Waals surface area (Å²) in [5, 5.41) is 15.4. The van der Waals surface area contributed by atoms with Crippen LogP contribution in [0.15, 0.2) is 53.6 Å². The molecule has 4 nitrogen and oxygen atoms in total. The molecule has 1 unspecified atom stereocenters. The average molecular weight is 430 g/mol. The lowest BCUT2D eigenvalue weighted by Gasteiger charge is -2.18. The van der Waals surface area contributed by atoms with E-state index in [1.165, 1.54) is 30.2 Å². The molecular weight excluding hydrogens is 402 g/mol. The minimum absolute atomic E-state index is 0.0554. The summed E-state index contributed by atoms with van der Waals surface area (Å²) in [7, 11) is 0. The first-order valence-electron chi connectivity index (χ1n) is 11.1. The van der Waals surface area contributed by atoms with E-state index in [4.69, 9.17) is 4.98 Å². The first-order valence-corrected chi connectivity index (χ1v) is 11.9. The van der Waals surface area contributed by atoms with Gasteiger partial charge in [-0.1, -0.05) is 61.9 Å². The Kier molecular flexibility index (Phi) is 6.89. The highest BCUT2D eigenvalue weighted by Gasteiger charge is 2.22. The molecule has 1 aliphatic carbocycles. The van der Waals surface area contributed by atoms with Crippen LogP contribution >= 0.6 is 11.8 Å². The topological polar surface area (TPSA) is 65.8 Å². The quantitative estimate of drug-likeness (QED) is 0.485. The van der Waals surface area contributed by atoms with Crippen molar-refractivity contribution in [1.82, 2.24) is 4.98 Å². The van der Waals surface area contributed by atoms with Gasteiger partial charge in [-0.2, -0.15) is 5.26 Å². The highest BCUT2D eigenvalue weighted by molar-refractivity contribution is 8.00. The molecule has 158 valence electrons. The predicted octanol–water partition coefficient (Wildman–Crippen LogP) is 6.27. The van der Waals surface area contributed by atoms with E-state index in [2.05, 4.69) is 17.5 Å². The number of fused-ring (bicyclic) bond motifs is 2. The van der Waals surface area contributed by atoms with E-state index < -0.39 is 0 Å². The second-order valence-electron chi connectivity index (χ2n) is 8.04. The van der Waals surface area contributed by atoms with E-state index in [1.807, 2.05) is 49.4 Å². The Bertz CT molecular complexity index is 1140. The van der Waals surface area contributed by atoms with Crippen molar-refractivity contribution in [2.24, 2.45) is 0 Å². The summed E-state index contributed by atoms with van der Waals surface area (Å²) < 4.78 is 0. The number of nitrogens with zero attached hydrogens (tertiary/aromatic N) is 2. The van der Waals surface area contributed by atoms with Crippen LogP contribution in [0.2, 0.25) is 0 Å². The Labute approximate surface area is 188 Å². The molecule has 5 heteroatoms. The summed E-state index contributed by atoms with van der Waals surface area (Å²) >= 11 is 1.41. The maximum atomic E-state index is 13.0. The van der Waals surface area contributed by atoms with Crippen molar-refractivity contribution in [3.05, 3.63) is 65.4 Å². The fraction of sp³-hybridized carbons (Fsp3) is 0.346. The van der Waals surface area contributed by atoms with Gasteiger partial charge in [0.25, 0.3) is 0 Å². The van der Waals surface area contributed by atoms with Gasteiger partial charge in [0.15, 0.2) is 0 Å². The number of rotatable bonds is 5. The number of nitrogens with one attached hydrogen (secondary N) is 1. The number of carbonyl (C=O) groups excluding carboxylic acids is 1. The standard InChI is InChI=1S/C26H27N3OS/c1-2-24(25(30)28-22-14-13-18-9-7-8-10-19(18)16-22)31-26-21(17-27)15-20-11-5-3-4-6-12-23(20)29-26/h7-10,13-16,24H,2-6,11-12H2,1H3,(H,28,30). The highest BCUT2D eigenvalue weighted by Crippen LogP contribution is 2.31. The molecule has 0 bridgehead atoms. The third-order valence-electron chi connectivity index (χ3n) is 5.82. The van der Waals surface area contributed by atoms with Gasteiger partial charge in [-0.3, -0.25) is 4.79 Å². The zero-order chi connectivity index (χ0) is 21.6. The molecule has 1 atom stereocenters. The van der Waals surface area contributed by atoms with Crippen LogP contribution in [0.5, 0.6) is 0 Å². The minimum atomic E-state index is -0.308. The Hall–Kier alpha value is -2.84. The maximum Gasteiger partial charge on any atom is 0.237 e. The third-order valence-corrected chi connectivity index (χ3v) is 7.19. The first kappa shape index (κ1) is 21.4. The van der Waals surface area contributed by atoms with Crippen LogP contribution in [-0.2, 0) is 17.6 Å². The molecule has 2 aromatic carbocycles. The number of thioether (sulfide) groups is 1. The number of pyridine rings is 1. The van der Waals surface area contributed by atoms with Crippen molar-refractivity contribution in [2.75, 3.05) is 5.32 Å². The summed E-state index contributed by atoms with van der Waals surface area (Å²) in [4.78, 5) is 17.9. The van der Waals surface area contributed by atoms with Crippen molar-refractivity contribution in [3.8, 4) is 6.07 Å². The molecule has 1 aliphatic rings. The van der Waals surface area contributed by atoms with Gasteiger partial charge in [0, 0.05) is 11.4 Å². The number of hydrogen-bond acceptors (Lipinski definition) is 4. The van der Waals surface area contributed by atoms with E-state index in [9.17, 15) is 10.1 Å². The normalized spacial score (nSPS) is 14.7. The monoisotopic (exact) mass is 429 g/mol. The lowest BCUT2D eigenvalue weighted by atomic mass is 9.96. The van der Waals surface area contributed by atoms with Gasteiger partial charge in [0.05, 0.1) is 10.8 Å². The number of amides is 1. The third kappa shape index (κ3) is 5.08. The first-order chi connectivity index (χ1) is 15.2. The molecule has 1 amide bonds. The zero-order valence-corrected chi connectivity index (χ0v) is 18.7. The van der Waals surface area contributed by atoms with Crippen molar-refractivity contribution in [3.63, 3.8) is 0 Å². The Morgan fingerprint density at radius 2 is 1.87 bits per heavy atom. The Morgan fingerprint density at radius 1 is 1.10 bits per heavy atom. The average Bonchev–Trinajstić information content (AvgIpc) is 2.78.